The number of halogens is 1. The molecule has 3 nitrogen and oxygen atoms in total. The number of rotatable bonds is 3. The quantitative estimate of drug-likeness (QED) is 0.737. The minimum absolute atomic E-state index is 0.115. The fourth-order valence-corrected chi connectivity index (χ4v) is 1.26. The van der Waals surface area contributed by atoms with Gasteiger partial charge in [-0.15, -0.1) is 0 Å². The smallest absolute Gasteiger partial charge is 0.320 e. The van der Waals surface area contributed by atoms with Gasteiger partial charge in [0.2, 0.25) is 0 Å². The van der Waals surface area contributed by atoms with Crippen LogP contribution in [0.25, 0.3) is 0 Å². The highest BCUT2D eigenvalue weighted by Crippen LogP contribution is 2.15. The van der Waals surface area contributed by atoms with Crippen molar-refractivity contribution in [2.75, 3.05) is 0 Å². The van der Waals surface area contributed by atoms with Crippen LogP contribution in [-0.4, -0.2) is 15.4 Å². The van der Waals surface area contributed by atoms with Crippen LogP contribution in [0.1, 0.15) is 19.7 Å². The molecule has 0 aliphatic carbocycles. The lowest BCUT2D eigenvalue weighted by Gasteiger charge is -1.98. The lowest BCUT2D eigenvalue weighted by molar-refractivity contribution is 0.414. The zero-order chi connectivity index (χ0) is 8.27. The van der Waals surface area contributed by atoms with Gasteiger partial charge < -0.3 is 4.52 Å². The van der Waals surface area contributed by atoms with Gasteiger partial charge in [0.1, 0.15) is 0 Å². The molecule has 0 N–H and O–H groups in total. The van der Waals surface area contributed by atoms with Gasteiger partial charge in [0, 0.05) is 0 Å². The van der Waals surface area contributed by atoms with Gasteiger partial charge in [0.25, 0.3) is 0 Å². The van der Waals surface area contributed by atoms with Crippen LogP contribution in [0.2, 0.25) is 5.35 Å². The number of hydrogen-bond acceptors (Lipinski definition) is 4. The summed E-state index contributed by atoms with van der Waals surface area (Å²) in [5.74, 6) is 1.42. The van der Waals surface area contributed by atoms with Crippen molar-refractivity contribution in [1.29, 1.82) is 0 Å². The Morgan fingerprint density at radius 3 is 2.82 bits per heavy atom. The Morgan fingerprint density at radius 1 is 1.64 bits per heavy atom. The number of aromatic nitrogens is 2. The molecule has 0 aromatic carbocycles. The van der Waals surface area contributed by atoms with Crippen molar-refractivity contribution in [3.8, 4) is 0 Å². The van der Waals surface area contributed by atoms with Gasteiger partial charge in [0.15, 0.2) is 5.82 Å². The van der Waals surface area contributed by atoms with Gasteiger partial charge in [0.05, 0.1) is 5.75 Å². The van der Waals surface area contributed by atoms with Crippen LogP contribution < -0.4 is 0 Å². The van der Waals surface area contributed by atoms with Gasteiger partial charge in [-0.25, -0.2) is 0 Å². The van der Waals surface area contributed by atoms with E-state index in [-0.39, 0.29) is 5.35 Å². The number of nitrogens with zero attached hydrogens (tertiary/aromatic N) is 2. The summed E-state index contributed by atoms with van der Waals surface area (Å²) in [5.41, 5.74) is 0. The van der Waals surface area contributed by atoms with Crippen molar-refractivity contribution in [3.05, 3.63) is 11.2 Å². The van der Waals surface area contributed by atoms with Gasteiger partial charge >= 0.3 is 5.35 Å². The van der Waals surface area contributed by atoms with Crippen molar-refractivity contribution in [1.82, 2.24) is 10.1 Å². The van der Waals surface area contributed by atoms with E-state index >= 15 is 0 Å². The van der Waals surface area contributed by atoms with Crippen molar-refractivity contribution in [2.45, 2.75) is 24.9 Å². The zero-order valence-electron chi connectivity index (χ0n) is 6.37. The molecule has 1 aromatic heterocycles. The molecule has 11 heavy (non-hydrogen) atoms. The number of thioether (sulfide) groups is 1. The van der Waals surface area contributed by atoms with Crippen LogP contribution in [0.15, 0.2) is 4.52 Å². The monoisotopic (exact) mass is 192 g/mol. The first-order chi connectivity index (χ1) is 5.18. The van der Waals surface area contributed by atoms with E-state index in [0.29, 0.717) is 11.1 Å². The Bertz CT molecular complexity index is 226. The predicted molar refractivity (Wildman–Crippen MR) is 45.7 cm³/mol. The predicted octanol–water partition coefficient (Wildman–Crippen LogP) is 2.36. The van der Waals surface area contributed by atoms with E-state index in [4.69, 9.17) is 11.6 Å². The van der Waals surface area contributed by atoms with E-state index in [1.165, 1.54) is 0 Å². The molecule has 0 saturated heterocycles. The first-order valence-electron chi connectivity index (χ1n) is 3.28. The summed E-state index contributed by atoms with van der Waals surface area (Å²) in [7, 11) is 0. The summed E-state index contributed by atoms with van der Waals surface area (Å²) in [6, 6.07) is 0. The van der Waals surface area contributed by atoms with Crippen molar-refractivity contribution in [3.63, 3.8) is 0 Å². The largest absolute Gasteiger partial charge is 0.321 e. The molecule has 62 valence electrons. The van der Waals surface area contributed by atoms with Crippen LogP contribution in [-0.2, 0) is 5.75 Å². The fraction of sp³-hybridized carbons (Fsp3) is 0.667. The normalized spacial score (nSPS) is 10.9. The molecule has 0 amide bonds. The molecule has 1 aromatic rings. The van der Waals surface area contributed by atoms with E-state index in [1.807, 2.05) is 0 Å². The first-order valence-corrected chi connectivity index (χ1v) is 4.71. The molecule has 0 aliphatic rings. The highest BCUT2D eigenvalue weighted by molar-refractivity contribution is 7.99. The van der Waals surface area contributed by atoms with E-state index in [9.17, 15) is 0 Å². The summed E-state index contributed by atoms with van der Waals surface area (Å²) in [5, 5.41) is 4.34. The van der Waals surface area contributed by atoms with Crippen molar-refractivity contribution in [2.24, 2.45) is 0 Å². The highest BCUT2D eigenvalue weighted by Gasteiger charge is 2.03. The Morgan fingerprint density at radius 2 is 2.36 bits per heavy atom. The molecule has 0 unspecified atom stereocenters. The average Bonchev–Trinajstić information content (AvgIpc) is 2.31. The topological polar surface area (TPSA) is 38.9 Å². The molecule has 5 heteroatoms. The number of hydrogen-bond donors (Lipinski definition) is 0. The molecule has 0 aliphatic heterocycles. The summed E-state index contributed by atoms with van der Waals surface area (Å²) in [6.07, 6.45) is 0. The Balaban J connectivity index is 2.39. The van der Waals surface area contributed by atoms with E-state index in [1.54, 1.807) is 11.8 Å². The first kappa shape index (κ1) is 8.87. The molecule has 0 fully saturated rings. The van der Waals surface area contributed by atoms with Crippen LogP contribution in [0.3, 0.4) is 0 Å². The van der Waals surface area contributed by atoms with Crippen LogP contribution in [0, 0.1) is 0 Å². The molecule has 0 radical (unpaired) electrons. The second kappa shape index (κ2) is 3.97. The Kier molecular flexibility index (Phi) is 3.20. The molecule has 0 saturated carbocycles. The van der Waals surface area contributed by atoms with Gasteiger partial charge in [-0.3, -0.25) is 0 Å². The van der Waals surface area contributed by atoms with Crippen molar-refractivity contribution >= 4 is 23.4 Å². The van der Waals surface area contributed by atoms with Gasteiger partial charge in [-0.2, -0.15) is 16.7 Å². The molecule has 0 bridgehead atoms. The second-order valence-corrected chi connectivity index (χ2v) is 4.21. The summed E-state index contributed by atoms with van der Waals surface area (Å²) >= 11 is 7.18. The Labute approximate surface area is 74.5 Å². The molecular formula is C6H9ClN2OS. The lowest BCUT2D eigenvalue weighted by Crippen LogP contribution is -1.90. The fourth-order valence-electron chi connectivity index (χ4n) is 0.532. The third kappa shape index (κ3) is 3.12. The zero-order valence-corrected chi connectivity index (χ0v) is 7.95. The molecular weight excluding hydrogens is 184 g/mol. The summed E-state index contributed by atoms with van der Waals surface area (Å²) in [4.78, 5) is 3.85. The average molecular weight is 193 g/mol. The maximum atomic E-state index is 5.43. The maximum Gasteiger partial charge on any atom is 0.320 e. The van der Waals surface area contributed by atoms with E-state index in [2.05, 4.69) is 28.5 Å². The van der Waals surface area contributed by atoms with Gasteiger partial charge in [-0.05, 0) is 16.9 Å². The second-order valence-electron chi connectivity index (χ2n) is 2.32. The summed E-state index contributed by atoms with van der Waals surface area (Å²) in [6.45, 7) is 4.23. The molecule has 0 atom stereocenters. The highest BCUT2D eigenvalue weighted by atomic mass is 35.5. The van der Waals surface area contributed by atoms with E-state index < -0.39 is 0 Å². The maximum absolute atomic E-state index is 5.43. The van der Waals surface area contributed by atoms with Gasteiger partial charge in [-0.1, -0.05) is 19.0 Å². The standard InChI is InChI=1S/C6H9ClN2OS/c1-4(2)11-3-5-8-6(7)10-9-5/h4H,3H2,1-2H3. The minimum atomic E-state index is 0.115. The van der Waals surface area contributed by atoms with E-state index in [0.717, 1.165) is 5.75 Å². The van der Waals surface area contributed by atoms with Crippen LogP contribution >= 0.6 is 23.4 Å². The Hall–Kier alpha value is -0.220. The summed E-state index contributed by atoms with van der Waals surface area (Å²) < 4.78 is 4.59. The van der Waals surface area contributed by atoms with Crippen molar-refractivity contribution < 1.29 is 4.52 Å². The van der Waals surface area contributed by atoms with Crippen LogP contribution in [0.5, 0.6) is 0 Å². The minimum Gasteiger partial charge on any atom is -0.321 e. The third-order valence-corrected chi connectivity index (χ3v) is 2.23. The molecule has 0 spiro atoms. The third-order valence-electron chi connectivity index (χ3n) is 0.989. The molecule has 1 rings (SSSR count). The SMILES string of the molecule is CC(C)SCc1noc(Cl)n1. The lowest BCUT2D eigenvalue weighted by atomic mass is 10.6. The molecule has 1 heterocycles. The van der Waals surface area contributed by atoms with Crippen LogP contribution in [0.4, 0.5) is 0 Å².